The van der Waals surface area contributed by atoms with Crippen molar-refractivity contribution in [3.8, 4) is 22.6 Å². The highest BCUT2D eigenvalue weighted by Gasteiger charge is 2.09. The van der Waals surface area contributed by atoms with Crippen LogP contribution in [0.3, 0.4) is 0 Å². The number of carbonyl (C=O) groups excluding carboxylic acids is 1. The van der Waals surface area contributed by atoms with E-state index in [9.17, 15) is 4.79 Å². The molecule has 0 spiro atoms. The van der Waals surface area contributed by atoms with Gasteiger partial charge in [-0.05, 0) is 65.9 Å². The van der Waals surface area contributed by atoms with Crippen molar-refractivity contribution in [2.24, 2.45) is 0 Å². The van der Waals surface area contributed by atoms with Gasteiger partial charge in [0, 0.05) is 0 Å². The van der Waals surface area contributed by atoms with Crippen molar-refractivity contribution in [2.75, 3.05) is 7.11 Å². The maximum atomic E-state index is 12.4. The first kappa shape index (κ1) is 22.6. The first-order valence-corrected chi connectivity index (χ1v) is 11.2. The standard InChI is InChI=1S/C28H32O3/c1-3-4-5-6-7-8-9-22-10-12-23(13-11-22)24-14-16-25(17-15-24)28(29)31-27-20-18-26(30-2)19-21-27/h10-21H,3-9H2,1-2H3. The maximum absolute atomic E-state index is 12.4. The molecule has 0 N–H and O–H groups in total. The molecule has 0 amide bonds. The summed E-state index contributed by atoms with van der Waals surface area (Å²) in [5, 5.41) is 0. The number of aryl methyl sites for hydroxylation is 1. The zero-order chi connectivity index (χ0) is 21.9. The van der Waals surface area contributed by atoms with Crippen molar-refractivity contribution >= 4 is 5.97 Å². The Labute approximate surface area is 186 Å². The number of hydrogen-bond acceptors (Lipinski definition) is 3. The van der Waals surface area contributed by atoms with E-state index in [2.05, 4.69) is 31.2 Å². The summed E-state index contributed by atoms with van der Waals surface area (Å²) in [6, 6.07) is 23.3. The highest BCUT2D eigenvalue weighted by molar-refractivity contribution is 5.91. The SMILES string of the molecule is CCCCCCCCc1ccc(-c2ccc(C(=O)Oc3ccc(OC)cc3)cc2)cc1. The van der Waals surface area contributed by atoms with E-state index in [-0.39, 0.29) is 5.97 Å². The Morgan fingerprint density at radius 1 is 0.677 bits per heavy atom. The van der Waals surface area contributed by atoms with Gasteiger partial charge in [-0.2, -0.15) is 0 Å². The van der Waals surface area contributed by atoms with Crippen LogP contribution in [0.2, 0.25) is 0 Å². The number of unbranched alkanes of at least 4 members (excludes halogenated alkanes) is 5. The molecule has 0 aliphatic rings. The zero-order valence-corrected chi connectivity index (χ0v) is 18.6. The fraction of sp³-hybridized carbons (Fsp3) is 0.321. The van der Waals surface area contributed by atoms with Gasteiger partial charge in [0.05, 0.1) is 12.7 Å². The van der Waals surface area contributed by atoms with Crippen LogP contribution in [0.5, 0.6) is 11.5 Å². The normalized spacial score (nSPS) is 10.6. The Morgan fingerprint density at radius 3 is 1.84 bits per heavy atom. The van der Waals surface area contributed by atoms with Crippen molar-refractivity contribution in [2.45, 2.75) is 51.9 Å². The summed E-state index contributed by atoms with van der Waals surface area (Å²) in [5.41, 5.74) is 4.16. The van der Waals surface area contributed by atoms with Gasteiger partial charge in [-0.1, -0.05) is 75.4 Å². The first-order valence-electron chi connectivity index (χ1n) is 11.2. The van der Waals surface area contributed by atoms with E-state index in [4.69, 9.17) is 9.47 Å². The predicted octanol–water partition coefficient (Wildman–Crippen LogP) is 7.48. The van der Waals surface area contributed by atoms with Gasteiger partial charge in [0.15, 0.2) is 0 Å². The highest BCUT2D eigenvalue weighted by Crippen LogP contribution is 2.23. The minimum Gasteiger partial charge on any atom is -0.497 e. The average Bonchev–Trinajstić information content (AvgIpc) is 2.82. The van der Waals surface area contributed by atoms with Gasteiger partial charge in [-0.25, -0.2) is 4.79 Å². The van der Waals surface area contributed by atoms with Crippen LogP contribution >= 0.6 is 0 Å². The molecule has 3 rings (SSSR count). The number of methoxy groups -OCH3 is 1. The van der Waals surface area contributed by atoms with E-state index >= 15 is 0 Å². The Balaban J connectivity index is 1.52. The third-order valence-electron chi connectivity index (χ3n) is 5.50. The molecule has 0 heterocycles. The fourth-order valence-electron chi connectivity index (χ4n) is 3.58. The number of esters is 1. The topological polar surface area (TPSA) is 35.5 Å². The molecule has 0 aliphatic carbocycles. The lowest BCUT2D eigenvalue weighted by atomic mass is 10.00. The zero-order valence-electron chi connectivity index (χ0n) is 18.6. The van der Waals surface area contributed by atoms with E-state index < -0.39 is 0 Å². The summed E-state index contributed by atoms with van der Waals surface area (Å²) in [6.45, 7) is 2.25. The molecule has 0 fully saturated rings. The average molecular weight is 417 g/mol. The molecule has 162 valence electrons. The lowest BCUT2D eigenvalue weighted by Crippen LogP contribution is -2.08. The molecule has 31 heavy (non-hydrogen) atoms. The van der Waals surface area contributed by atoms with Gasteiger partial charge < -0.3 is 9.47 Å². The Hall–Kier alpha value is -3.07. The highest BCUT2D eigenvalue weighted by atomic mass is 16.5. The first-order chi connectivity index (χ1) is 15.2. The molecule has 0 saturated heterocycles. The molecule has 0 aliphatic heterocycles. The number of rotatable bonds is 11. The summed E-state index contributed by atoms with van der Waals surface area (Å²) < 4.78 is 10.6. The Bertz CT molecular complexity index is 926. The number of hydrogen-bond donors (Lipinski definition) is 0. The minimum atomic E-state index is -0.369. The third kappa shape index (κ3) is 6.99. The minimum absolute atomic E-state index is 0.369. The van der Waals surface area contributed by atoms with E-state index in [0.29, 0.717) is 11.3 Å². The van der Waals surface area contributed by atoms with E-state index in [0.717, 1.165) is 23.3 Å². The summed E-state index contributed by atoms with van der Waals surface area (Å²) in [6.07, 6.45) is 9.07. The van der Waals surface area contributed by atoms with E-state index in [1.165, 1.54) is 44.1 Å². The second kappa shape index (κ2) is 11.9. The van der Waals surface area contributed by atoms with Crippen molar-refractivity contribution in [1.82, 2.24) is 0 Å². The van der Waals surface area contributed by atoms with Crippen LogP contribution in [0.4, 0.5) is 0 Å². The molecule has 0 saturated carbocycles. The smallest absolute Gasteiger partial charge is 0.343 e. The summed E-state index contributed by atoms with van der Waals surface area (Å²) in [7, 11) is 1.60. The van der Waals surface area contributed by atoms with Crippen molar-refractivity contribution in [3.05, 3.63) is 83.9 Å². The molecular formula is C28H32O3. The quantitative estimate of drug-likeness (QED) is 0.185. The van der Waals surface area contributed by atoms with Gasteiger partial charge in [0.25, 0.3) is 0 Å². The molecule has 0 bridgehead atoms. The Morgan fingerprint density at radius 2 is 1.23 bits per heavy atom. The number of carbonyl (C=O) groups is 1. The fourth-order valence-corrected chi connectivity index (χ4v) is 3.58. The lowest BCUT2D eigenvalue weighted by Gasteiger charge is -2.07. The maximum Gasteiger partial charge on any atom is 0.343 e. The second-order valence-corrected chi connectivity index (χ2v) is 7.86. The predicted molar refractivity (Wildman–Crippen MR) is 127 cm³/mol. The largest absolute Gasteiger partial charge is 0.497 e. The van der Waals surface area contributed by atoms with Crippen molar-refractivity contribution in [1.29, 1.82) is 0 Å². The van der Waals surface area contributed by atoms with Crippen LogP contribution in [-0.2, 0) is 6.42 Å². The van der Waals surface area contributed by atoms with Gasteiger partial charge in [-0.3, -0.25) is 0 Å². The third-order valence-corrected chi connectivity index (χ3v) is 5.50. The van der Waals surface area contributed by atoms with Gasteiger partial charge in [0.2, 0.25) is 0 Å². The van der Waals surface area contributed by atoms with Crippen LogP contribution in [0, 0.1) is 0 Å². The van der Waals surface area contributed by atoms with Crippen LogP contribution in [0.25, 0.3) is 11.1 Å². The molecule has 0 aromatic heterocycles. The summed E-state index contributed by atoms with van der Waals surface area (Å²) in [4.78, 5) is 12.4. The van der Waals surface area contributed by atoms with Crippen LogP contribution in [-0.4, -0.2) is 13.1 Å². The van der Waals surface area contributed by atoms with Crippen LogP contribution in [0.15, 0.2) is 72.8 Å². The van der Waals surface area contributed by atoms with Crippen molar-refractivity contribution in [3.63, 3.8) is 0 Å². The Kier molecular flexibility index (Phi) is 8.71. The molecule has 3 aromatic rings. The van der Waals surface area contributed by atoms with Gasteiger partial charge >= 0.3 is 5.97 Å². The summed E-state index contributed by atoms with van der Waals surface area (Å²) in [5.74, 6) is 0.851. The molecule has 3 nitrogen and oxygen atoms in total. The van der Waals surface area contributed by atoms with Crippen LogP contribution < -0.4 is 9.47 Å². The molecule has 3 aromatic carbocycles. The lowest BCUT2D eigenvalue weighted by molar-refractivity contribution is 0.0734. The molecule has 0 radical (unpaired) electrons. The van der Waals surface area contributed by atoms with Gasteiger partial charge in [0.1, 0.15) is 11.5 Å². The number of benzene rings is 3. The summed E-state index contributed by atoms with van der Waals surface area (Å²) >= 11 is 0. The molecule has 0 atom stereocenters. The van der Waals surface area contributed by atoms with Crippen molar-refractivity contribution < 1.29 is 14.3 Å². The van der Waals surface area contributed by atoms with Gasteiger partial charge in [-0.15, -0.1) is 0 Å². The molecule has 3 heteroatoms. The van der Waals surface area contributed by atoms with E-state index in [1.807, 2.05) is 24.3 Å². The monoisotopic (exact) mass is 416 g/mol. The molecule has 0 unspecified atom stereocenters. The van der Waals surface area contributed by atoms with Crippen LogP contribution in [0.1, 0.15) is 61.4 Å². The molecular weight excluding hydrogens is 384 g/mol. The number of ether oxygens (including phenoxy) is 2. The second-order valence-electron chi connectivity index (χ2n) is 7.86. The van der Waals surface area contributed by atoms with E-state index in [1.54, 1.807) is 31.4 Å².